The molecule has 1 aliphatic rings. The van der Waals surface area contributed by atoms with Crippen LogP contribution in [0.25, 0.3) is 10.1 Å². The Labute approximate surface area is 131 Å². The molecule has 1 N–H and O–H groups in total. The van der Waals surface area contributed by atoms with Crippen molar-refractivity contribution in [3.05, 3.63) is 35.0 Å². The Bertz CT molecular complexity index is 742. The van der Waals surface area contributed by atoms with E-state index < -0.39 is 11.9 Å². The lowest BCUT2D eigenvalue weighted by molar-refractivity contribution is -0.143. The van der Waals surface area contributed by atoms with Gasteiger partial charge in [0, 0.05) is 17.3 Å². The minimum absolute atomic E-state index is 0.0186. The zero-order valence-corrected chi connectivity index (χ0v) is 12.9. The molecule has 1 aromatic carbocycles. The summed E-state index contributed by atoms with van der Waals surface area (Å²) in [5.41, 5.74) is 0. The highest BCUT2D eigenvalue weighted by atomic mass is 32.1. The van der Waals surface area contributed by atoms with Crippen molar-refractivity contribution in [2.45, 2.75) is 25.8 Å². The third-order valence-electron chi connectivity index (χ3n) is 4.18. The van der Waals surface area contributed by atoms with Crippen LogP contribution < -0.4 is 0 Å². The Balaban J connectivity index is 1.88. The minimum atomic E-state index is -0.858. The van der Waals surface area contributed by atoms with Crippen LogP contribution >= 0.6 is 11.3 Å². The van der Waals surface area contributed by atoms with E-state index in [0.29, 0.717) is 23.1 Å². The number of aliphatic carboxylic acids is 1. The van der Waals surface area contributed by atoms with Gasteiger partial charge in [-0.15, -0.1) is 11.3 Å². The van der Waals surface area contributed by atoms with E-state index in [2.05, 4.69) is 0 Å². The molecule has 0 aliphatic carbocycles. The van der Waals surface area contributed by atoms with Crippen LogP contribution in [-0.4, -0.2) is 34.5 Å². The largest absolute Gasteiger partial charge is 0.481 e. The topological polar surface area (TPSA) is 57.6 Å². The van der Waals surface area contributed by atoms with E-state index in [0.717, 1.165) is 4.70 Å². The van der Waals surface area contributed by atoms with E-state index in [1.54, 1.807) is 17.0 Å². The number of piperidine rings is 1. The van der Waals surface area contributed by atoms with Crippen molar-refractivity contribution in [3.63, 3.8) is 0 Å². The number of amides is 1. The van der Waals surface area contributed by atoms with Gasteiger partial charge in [-0.25, -0.2) is 4.39 Å². The van der Waals surface area contributed by atoms with Crippen LogP contribution in [-0.2, 0) is 4.79 Å². The summed E-state index contributed by atoms with van der Waals surface area (Å²) in [6.45, 7) is 2.17. The molecule has 22 heavy (non-hydrogen) atoms. The van der Waals surface area contributed by atoms with Crippen molar-refractivity contribution in [1.82, 2.24) is 4.90 Å². The second kappa shape index (κ2) is 5.68. The number of rotatable bonds is 2. The first-order valence-corrected chi connectivity index (χ1v) is 8.00. The summed E-state index contributed by atoms with van der Waals surface area (Å²) in [7, 11) is 0. The minimum Gasteiger partial charge on any atom is -0.481 e. The van der Waals surface area contributed by atoms with Gasteiger partial charge in [0.1, 0.15) is 5.82 Å². The maximum Gasteiger partial charge on any atom is 0.308 e. The molecule has 1 aromatic heterocycles. The van der Waals surface area contributed by atoms with Crippen molar-refractivity contribution < 1.29 is 19.1 Å². The number of fused-ring (bicyclic) bond motifs is 1. The number of hydrogen-bond acceptors (Lipinski definition) is 3. The van der Waals surface area contributed by atoms with Crippen LogP contribution in [0.1, 0.15) is 29.4 Å². The van der Waals surface area contributed by atoms with Crippen molar-refractivity contribution in [2.75, 3.05) is 6.54 Å². The molecule has 2 atom stereocenters. The number of carboxylic acid groups (broad SMARTS) is 1. The van der Waals surface area contributed by atoms with Gasteiger partial charge in [0.2, 0.25) is 0 Å². The van der Waals surface area contributed by atoms with E-state index >= 15 is 0 Å². The molecule has 6 heteroatoms. The molecule has 2 heterocycles. The predicted molar refractivity (Wildman–Crippen MR) is 82.6 cm³/mol. The first-order chi connectivity index (χ1) is 10.5. The molecule has 3 rings (SSSR count). The number of likely N-dealkylation sites (tertiary alicyclic amines) is 1. The zero-order valence-electron chi connectivity index (χ0n) is 12.1. The van der Waals surface area contributed by atoms with Gasteiger partial charge in [-0.3, -0.25) is 9.59 Å². The molecule has 2 unspecified atom stereocenters. The highest BCUT2D eigenvalue weighted by Crippen LogP contribution is 2.30. The number of carbonyl (C=O) groups is 2. The maximum absolute atomic E-state index is 13.2. The number of carbonyl (C=O) groups excluding carboxylic acids is 1. The number of nitrogens with zero attached hydrogens (tertiary/aromatic N) is 1. The molecule has 0 saturated carbocycles. The van der Waals surface area contributed by atoms with Gasteiger partial charge in [-0.1, -0.05) is 0 Å². The van der Waals surface area contributed by atoms with Crippen molar-refractivity contribution in [1.29, 1.82) is 0 Å². The fraction of sp³-hybridized carbons (Fsp3) is 0.375. The summed E-state index contributed by atoms with van der Waals surface area (Å²) < 4.78 is 14.1. The van der Waals surface area contributed by atoms with Crippen LogP contribution in [0.2, 0.25) is 0 Å². The van der Waals surface area contributed by atoms with Gasteiger partial charge < -0.3 is 10.0 Å². The standard InChI is InChI=1S/C16H16FNO3S/c1-9-2-3-10(16(20)21)8-18(9)15(19)14-7-11-6-12(17)4-5-13(11)22-14/h4-7,9-10H,2-3,8H2,1H3,(H,20,21). The van der Waals surface area contributed by atoms with Crippen molar-refractivity contribution >= 4 is 33.3 Å². The van der Waals surface area contributed by atoms with Crippen molar-refractivity contribution in [2.24, 2.45) is 5.92 Å². The summed E-state index contributed by atoms with van der Waals surface area (Å²) in [4.78, 5) is 26.0. The van der Waals surface area contributed by atoms with Gasteiger partial charge in [-0.05, 0) is 49.4 Å². The summed E-state index contributed by atoms with van der Waals surface area (Å²) in [6.07, 6.45) is 1.28. The van der Waals surface area contributed by atoms with Crippen LogP contribution in [0.4, 0.5) is 4.39 Å². The van der Waals surface area contributed by atoms with E-state index in [1.165, 1.54) is 23.5 Å². The Hall–Kier alpha value is -1.95. The molecule has 1 aliphatic heterocycles. The Morgan fingerprint density at radius 1 is 1.32 bits per heavy atom. The average Bonchev–Trinajstić information content (AvgIpc) is 2.89. The average molecular weight is 321 g/mol. The van der Waals surface area contributed by atoms with E-state index in [-0.39, 0.29) is 24.3 Å². The summed E-state index contributed by atoms with van der Waals surface area (Å²) in [5, 5.41) is 9.86. The van der Waals surface area contributed by atoms with Gasteiger partial charge in [0.25, 0.3) is 5.91 Å². The fourth-order valence-electron chi connectivity index (χ4n) is 2.85. The van der Waals surface area contributed by atoms with Crippen LogP contribution in [0.15, 0.2) is 24.3 Å². The monoisotopic (exact) mass is 321 g/mol. The van der Waals surface area contributed by atoms with Crippen LogP contribution in [0, 0.1) is 11.7 Å². The highest BCUT2D eigenvalue weighted by Gasteiger charge is 2.33. The highest BCUT2D eigenvalue weighted by molar-refractivity contribution is 7.20. The van der Waals surface area contributed by atoms with Crippen LogP contribution in [0.3, 0.4) is 0 Å². The molecule has 0 spiro atoms. The molecular formula is C16H16FNO3S. The molecular weight excluding hydrogens is 305 g/mol. The molecule has 1 fully saturated rings. The summed E-state index contributed by atoms with van der Waals surface area (Å²) in [6, 6.07) is 6.14. The van der Waals surface area contributed by atoms with E-state index in [4.69, 9.17) is 5.11 Å². The first-order valence-electron chi connectivity index (χ1n) is 7.18. The molecule has 4 nitrogen and oxygen atoms in total. The lowest BCUT2D eigenvalue weighted by Crippen LogP contribution is -2.47. The molecule has 2 aromatic rings. The van der Waals surface area contributed by atoms with E-state index in [1.807, 2.05) is 6.92 Å². The second-order valence-electron chi connectivity index (χ2n) is 5.71. The maximum atomic E-state index is 13.2. The summed E-state index contributed by atoms with van der Waals surface area (Å²) in [5.74, 6) is -1.86. The second-order valence-corrected chi connectivity index (χ2v) is 6.80. The number of benzene rings is 1. The predicted octanol–water partition coefficient (Wildman–Crippen LogP) is 3.37. The van der Waals surface area contributed by atoms with Gasteiger partial charge in [0.15, 0.2) is 0 Å². The molecule has 1 saturated heterocycles. The third-order valence-corrected chi connectivity index (χ3v) is 5.29. The lowest BCUT2D eigenvalue weighted by Gasteiger charge is -2.36. The summed E-state index contributed by atoms with van der Waals surface area (Å²) >= 11 is 1.31. The fourth-order valence-corrected chi connectivity index (χ4v) is 3.85. The molecule has 1 amide bonds. The molecule has 0 radical (unpaired) electrons. The van der Waals surface area contributed by atoms with Crippen molar-refractivity contribution in [3.8, 4) is 0 Å². The zero-order chi connectivity index (χ0) is 15.9. The lowest BCUT2D eigenvalue weighted by atomic mass is 9.93. The van der Waals surface area contributed by atoms with Crippen LogP contribution in [0.5, 0.6) is 0 Å². The Morgan fingerprint density at radius 2 is 2.09 bits per heavy atom. The molecule has 116 valence electrons. The SMILES string of the molecule is CC1CCC(C(=O)O)CN1C(=O)c1cc2cc(F)ccc2s1. The molecule has 0 bridgehead atoms. The van der Waals surface area contributed by atoms with Gasteiger partial charge in [-0.2, -0.15) is 0 Å². The smallest absolute Gasteiger partial charge is 0.308 e. The number of carboxylic acids is 1. The Morgan fingerprint density at radius 3 is 2.82 bits per heavy atom. The van der Waals surface area contributed by atoms with Gasteiger partial charge in [0.05, 0.1) is 10.8 Å². The van der Waals surface area contributed by atoms with E-state index in [9.17, 15) is 14.0 Å². The van der Waals surface area contributed by atoms with Gasteiger partial charge >= 0.3 is 5.97 Å². The normalized spacial score (nSPS) is 22.0. The Kier molecular flexibility index (Phi) is 3.87. The quantitative estimate of drug-likeness (QED) is 0.922. The first kappa shape index (κ1) is 15.0. The number of hydrogen-bond donors (Lipinski definition) is 1. The third kappa shape index (κ3) is 2.70. The number of thiophene rings is 1. The number of halogens is 1.